The summed E-state index contributed by atoms with van der Waals surface area (Å²) in [6, 6.07) is 15.1. The zero-order valence-electron chi connectivity index (χ0n) is 17.8. The minimum Gasteiger partial charge on any atom is -0.872 e. The molecule has 0 saturated heterocycles. The predicted octanol–water partition coefficient (Wildman–Crippen LogP) is -0.00110. The van der Waals surface area contributed by atoms with Crippen LogP contribution in [0.2, 0.25) is 0 Å². The Balaban J connectivity index is 0.00000324. The molecule has 0 aliphatic heterocycles. The van der Waals surface area contributed by atoms with Gasteiger partial charge in [-0.1, -0.05) is 18.2 Å². The first-order valence-corrected chi connectivity index (χ1v) is 12.4. The number of rotatable bonds is 5. The van der Waals surface area contributed by atoms with Gasteiger partial charge in [0.15, 0.2) is 0 Å². The molecule has 0 saturated carbocycles. The smallest absolute Gasteiger partial charge is 0.872 e. The summed E-state index contributed by atoms with van der Waals surface area (Å²) in [5.41, 5.74) is 0.192. The van der Waals surface area contributed by atoms with E-state index < -0.39 is 24.9 Å². The van der Waals surface area contributed by atoms with Crippen LogP contribution in [0.1, 0.15) is 11.1 Å². The van der Waals surface area contributed by atoms with Gasteiger partial charge in [-0.15, -0.1) is 5.75 Å². The third-order valence-electron chi connectivity index (χ3n) is 5.16. The molecule has 0 aliphatic rings. The average molecular weight is 509 g/mol. The molecule has 0 radical (unpaired) electrons. The molecule has 0 spiro atoms. The standard InChI is InChI=1S/C23H18O8S2.Na/c24-18-3-5-20(6-4-18)32(27,28)21-7-8-22(26)16(12-21)10-17-9-15-11-19(25)2-1-14(15)13-23(17)33(29,30)31;/h1-9,11-13,24-26H,10H2,(H,29,30,31);/q;+1/p-1. The molecule has 34 heavy (non-hydrogen) atoms. The van der Waals surface area contributed by atoms with E-state index in [2.05, 4.69) is 0 Å². The number of fused-ring (bicyclic) bond motifs is 1. The Morgan fingerprint density at radius 1 is 0.706 bits per heavy atom. The van der Waals surface area contributed by atoms with Gasteiger partial charge in [0.2, 0.25) is 9.84 Å². The maximum absolute atomic E-state index is 13.0. The summed E-state index contributed by atoms with van der Waals surface area (Å²) in [4.78, 5) is -0.682. The summed E-state index contributed by atoms with van der Waals surface area (Å²) in [6.07, 6.45) is -0.227. The van der Waals surface area contributed by atoms with E-state index in [9.17, 15) is 36.7 Å². The first-order chi connectivity index (χ1) is 15.4. The average Bonchev–Trinajstić information content (AvgIpc) is 2.74. The number of sulfone groups is 1. The van der Waals surface area contributed by atoms with Crippen molar-refractivity contribution in [3.05, 3.63) is 83.9 Å². The van der Waals surface area contributed by atoms with Crippen LogP contribution < -0.4 is 34.7 Å². The summed E-state index contributed by atoms with van der Waals surface area (Å²) in [7, 11) is -8.66. The van der Waals surface area contributed by atoms with Gasteiger partial charge in [-0.2, -0.15) is 8.42 Å². The van der Waals surface area contributed by atoms with Gasteiger partial charge in [0.1, 0.15) is 11.5 Å². The Labute approximate surface area is 218 Å². The van der Waals surface area contributed by atoms with Crippen molar-refractivity contribution in [2.45, 2.75) is 21.1 Å². The first-order valence-electron chi connectivity index (χ1n) is 9.52. The van der Waals surface area contributed by atoms with Gasteiger partial charge < -0.3 is 15.3 Å². The molecule has 11 heteroatoms. The van der Waals surface area contributed by atoms with Crippen molar-refractivity contribution in [1.82, 2.24) is 0 Å². The van der Waals surface area contributed by atoms with Crippen molar-refractivity contribution in [3.63, 3.8) is 0 Å². The summed E-state index contributed by atoms with van der Waals surface area (Å²) in [6.45, 7) is 0. The van der Waals surface area contributed by atoms with Crippen LogP contribution in [0.15, 0.2) is 87.5 Å². The molecule has 3 N–H and O–H groups in total. The van der Waals surface area contributed by atoms with Crippen LogP contribution >= 0.6 is 0 Å². The molecule has 4 aromatic carbocycles. The van der Waals surface area contributed by atoms with Gasteiger partial charge >= 0.3 is 29.6 Å². The molecule has 0 aliphatic carbocycles. The van der Waals surface area contributed by atoms with E-state index in [-0.39, 0.29) is 74.1 Å². The Bertz CT molecular complexity index is 1600. The van der Waals surface area contributed by atoms with Crippen LogP contribution in [0.4, 0.5) is 0 Å². The topological polar surface area (TPSA) is 152 Å². The van der Waals surface area contributed by atoms with Crippen molar-refractivity contribution in [2.75, 3.05) is 0 Å². The minimum absolute atomic E-state index is 0. The zero-order chi connectivity index (χ0) is 24.0. The maximum Gasteiger partial charge on any atom is 1.00 e. The Morgan fingerprint density at radius 3 is 2.00 bits per heavy atom. The van der Waals surface area contributed by atoms with Crippen molar-refractivity contribution in [2.24, 2.45) is 0 Å². The van der Waals surface area contributed by atoms with Crippen LogP contribution in [0.25, 0.3) is 10.8 Å². The fourth-order valence-electron chi connectivity index (χ4n) is 3.52. The molecule has 0 aromatic heterocycles. The molecule has 0 amide bonds. The molecule has 0 heterocycles. The van der Waals surface area contributed by atoms with E-state index >= 15 is 0 Å². The minimum atomic E-state index is -4.65. The number of phenols is 2. The number of hydrogen-bond acceptors (Lipinski definition) is 7. The molecule has 0 atom stereocenters. The van der Waals surface area contributed by atoms with E-state index in [1.54, 1.807) is 0 Å². The van der Waals surface area contributed by atoms with Gasteiger partial charge in [0.05, 0.1) is 14.7 Å². The van der Waals surface area contributed by atoms with E-state index in [4.69, 9.17) is 0 Å². The summed E-state index contributed by atoms with van der Waals surface area (Å²) >= 11 is 0. The molecular formula is C23H17NaO8S2. The monoisotopic (exact) mass is 508 g/mol. The van der Waals surface area contributed by atoms with Gasteiger partial charge in [-0.3, -0.25) is 4.55 Å². The Morgan fingerprint density at radius 2 is 1.35 bits per heavy atom. The Kier molecular flexibility index (Phi) is 7.32. The zero-order valence-corrected chi connectivity index (χ0v) is 21.5. The molecule has 0 bridgehead atoms. The number of benzene rings is 4. The molecule has 170 valence electrons. The maximum atomic E-state index is 13.0. The summed E-state index contributed by atoms with van der Waals surface area (Å²) in [5, 5.41) is 32.3. The van der Waals surface area contributed by atoms with E-state index in [1.165, 1.54) is 60.7 Å². The van der Waals surface area contributed by atoms with E-state index in [0.29, 0.717) is 10.8 Å². The van der Waals surface area contributed by atoms with Crippen LogP contribution in [-0.2, 0) is 26.4 Å². The van der Waals surface area contributed by atoms with Gasteiger partial charge in [0, 0.05) is 6.42 Å². The van der Waals surface area contributed by atoms with Crippen LogP contribution in [-0.4, -0.2) is 31.6 Å². The molecule has 4 rings (SSSR count). The normalized spacial score (nSPS) is 11.8. The van der Waals surface area contributed by atoms with Crippen LogP contribution in [0.5, 0.6) is 17.2 Å². The second-order valence-electron chi connectivity index (χ2n) is 7.41. The van der Waals surface area contributed by atoms with Crippen molar-refractivity contribution in [1.29, 1.82) is 0 Å². The van der Waals surface area contributed by atoms with Gasteiger partial charge in [0.25, 0.3) is 10.1 Å². The quantitative estimate of drug-likeness (QED) is 0.252. The molecule has 8 nitrogen and oxygen atoms in total. The largest absolute Gasteiger partial charge is 1.00 e. The second kappa shape index (κ2) is 9.57. The van der Waals surface area contributed by atoms with Crippen LogP contribution in [0.3, 0.4) is 0 Å². The summed E-state index contributed by atoms with van der Waals surface area (Å²) in [5.74, 6) is -0.672. The molecule has 0 fully saturated rings. The SMILES string of the molecule is O=S(=O)(O)c1cc2ccc(O)cc2cc1Cc1cc(S(=O)(=O)c2ccc([O-])cc2)ccc1O.[Na+]. The van der Waals surface area contributed by atoms with Crippen molar-refractivity contribution < 1.29 is 66.3 Å². The Hall–Kier alpha value is -2.60. The van der Waals surface area contributed by atoms with Crippen molar-refractivity contribution in [3.8, 4) is 17.2 Å². The fraction of sp³-hybridized carbons (Fsp3) is 0.0435. The van der Waals surface area contributed by atoms with E-state index in [0.717, 1.165) is 12.1 Å². The van der Waals surface area contributed by atoms with Gasteiger partial charge in [-0.25, -0.2) is 8.42 Å². The van der Waals surface area contributed by atoms with Crippen molar-refractivity contribution >= 4 is 30.7 Å². The van der Waals surface area contributed by atoms with E-state index in [1.807, 2.05) is 0 Å². The number of phenolic OH excluding ortho intramolecular Hbond substituents is 2. The number of hydrogen-bond donors (Lipinski definition) is 3. The number of aromatic hydroxyl groups is 2. The molecule has 0 unspecified atom stereocenters. The molecule has 4 aromatic rings. The first kappa shape index (κ1) is 26.0. The van der Waals surface area contributed by atoms with Crippen LogP contribution in [0, 0.1) is 0 Å². The predicted molar refractivity (Wildman–Crippen MR) is 118 cm³/mol. The third-order valence-corrected chi connectivity index (χ3v) is 7.86. The third kappa shape index (κ3) is 5.22. The molecular weight excluding hydrogens is 491 g/mol. The summed E-state index contributed by atoms with van der Waals surface area (Å²) < 4.78 is 59.6. The van der Waals surface area contributed by atoms with Gasteiger partial charge in [-0.05, 0) is 76.5 Å². The fourth-order valence-corrected chi connectivity index (χ4v) is 5.57. The second-order valence-corrected chi connectivity index (χ2v) is 10.7.